The van der Waals surface area contributed by atoms with Gasteiger partial charge in [0.25, 0.3) is 6.43 Å². The molecule has 0 saturated heterocycles. The highest BCUT2D eigenvalue weighted by Gasteiger charge is 2.20. The summed E-state index contributed by atoms with van der Waals surface area (Å²) in [4.78, 5) is 11.1. The largest absolute Gasteiger partial charge is 0.496 e. The van der Waals surface area contributed by atoms with Gasteiger partial charge in [0.2, 0.25) is 0 Å². The second kappa shape index (κ2) is 5.25. The highest BCUT2D eigenvalue weighted by atomic mass is 35.5. The number of hydrogen-bond acceptors (Lipinski definition) is 2. The van der Waals surface area contributed by atoms with Crippen molar-refractivity contribution in [2.45, 2.75) is 18.7 Å². The summed E-state index contributed by atoms with van der Waals surface area (Å²) in [6, 6.07) is 3.83. The third kappa shape index (κ3) is 2.70. The van der Waals surface area contributed by atoms with Crippen LogP contribution in [0.25, 0.3) is 0 Å². The number of halogens is 3. The molecular formula is C11H11ClF2O2. The molecule has 88 valence electrons. The first-order valence-electron chi connectivity index (χ1n) is 4.58. The molecule has 5 heteroatoms. The predicted molar refractivity (Wildman–Crippen MR) is 57.2 cm³/mol. The Kier molecular flexibility index (Phi) is 4.24. The number of ether oxygens (including phenoxy) is 1. The zero-order valence-electron chi connectivity index (χ0n) is 8.84. The van der Waals surface area contributed by atoms with Crippen molar-refractivity contribution in [1.29, 1.82) is 0 Å². The van der Waals surface area contributed by atoms with Crippen molar-refractivity contribution in [2.24, 2.45) is 0 Å². The fourth-order valence-electron chi connectivity index (χ4n) is 1.31. The Bertz CT molecular complexity index is 394. The Morgan fingerprint density at radius 2 is 2.06 bits per heavy atom. The summed E-state index contributed by atoms with van der Waals surface area (Å²) < 4.78 is 29.9. The maximum absolute atomic E-state index is 12.5. The third-order valence-electron chi connectivity index (χ3n) is 2.14. The summed E-state index contributed by atoms with van der Waals surface area (Å²) in [5.41, 5.74) is 0.0946. The molecule has 0 fully saturated rings. The molecule has 0 bridgehead atoms. The number of carbonyl (C=O) groups excluding carboxylic acids is 1. The van der Waals surface area contributed by atoms with Gasteiger partial charge in [0.05, 0.1) is 7.11 Å². The highest BCUT2D eigenvalue weighted by Crippen LogP contribution is 2.33. The minimum Gasteiger partial charge on any atom is -0.496 e. The lowest BCUT2D eigenvalue weighted by Crippen LogP contribution is -2.04. The molecule has 0 amide bonds. The van der Waals surface area contributed by atoms with E-state index in [0.717, 1.165) is 0 Å². The monoisotopic (exact) mass is 248 g/mol. The van der Waals surface area contributed by atoms with E-state index in [1.54, 1.807) is 0 Å². The molecule has 1 rings (SSSR count). The second-order valence-electron chi connectivity index (χ2n) is 3.28. The molecule has 0 aromatic heterocycles. The Balaban J connectivity index is 3.21. The quantitative estimate of drug-likeness (QED) is 0.763. The number of benzene rings is 1. The lowest BCUT2D eigenvalue weighted by Gasteiger charge is -2.13. The first-order valence-corrected chi connectivity index (χ1v) is 5.01. The van der Waals surface area contributed by atoms with Crippen LogP contribution < -0.4 is 4.74 Å². The molecule has 0 aliphatic rings. The average molecular weight is 249 g/mol. The van der Waals surface area contributed by atoms with Gasteiger partial charge in [-0.3, -0.25) is 4.79 Å². The van der Waals surface area contributed by atoms with Gasteiger partial charge < -0.3 is 4.74 Å². The van der Waals surface area contributed by atoms with Crippen molar-refractivity contribution in [2.75, 3.05) is 7.11 Å². The van der Waals surface area contributed by atoms with Crippen molar-refractivity contribution in [3.63, 3.8) is 0 Å². The van der Waals surface area contributed by atoms with E-state index in [1.165, 1.54) is 32.2 Å². The number of ketones is 1. The Morgan fingerprint density at radius 1 is 1.44 bits per heavy atom. The summed E-state index contributed by atoms with van der Waals surface area (Å²) in [5.74, 6) is 0.0194. The van der Waals surface area contributed by atoms with Crippen LogP contribution in [0.2, 0.25) is 0 Å². The van der Waals surface area contributed by atoms with Gasteiger partial charge in [0.15, 0.2) is 5.78 Å². The van der Waals surface area contributed by atoms with Gasteiger partial charge in [0.1, 0.15) is 11.1 Å². The molecule has 0 aliphatic heterocycles. The molecular weight excluding hydrogens is 238 g/mol. The molecule has 0 N–H and O–H groups in total. The topological polar surface area (TPSA) is 26.3 Å². The fraction of sp³-hybridized carbons (Fsp3) is 0.364. The van der Waals surface area contributed by atoms with E-state index in [-0.39, 0.29) is 16.9 Å². The van der Waals surface area contributed by atoms with Crippen LogP contribution in [-0.4, -0.2) is 12.9 Å². The Labute approximate surface area is 97.2 Å². The van der Waals surface area contributed by atoms with Crippen molar-refractivity contribution in [1.82, 2.24) is 0 Å². The Morgan fingerprint density at radius 3 is 2.50 bits per heavy atom. The van der Waals surface area contributed by atoms with Gasteiger partial charge >= 0.3 is 0 Å². The zero-order chi connectivity index (χ0) is 12.3. The Hall–Kier alpha value is -1.16. The number of carbonyl (C=O) groups is 1. The first kappa shape index (κ1) is 12.9. The number of hydrogen-bond donors (Lipinski definition) is 0. The smallest absolute Gasteiger partial charge is 0.263 e. The van der Waals surface area contributed by atoms with E-state index in [9.17, 15) is 13.6 Å². The lowest BCUT2D eigenvalue weighted by atomic mass is 10.0. The normalized spacial score (nSPS) is 12.6. The number of methoxy groups -OCH3 is 1. The molecule has 0 saturated carbocycles. The van der Waals surface area contributed by atoms with Crippen LogP contribution in [0, 0.1) is 0 Å². The van der Waals surface area contributed by atoms with Gasteiger partial charge in [-0.2, -0.15) is 0 Å². The number of rotatable bonds is 4. The molecule has 0 spiro atoms. The summed E-state index contributed by atoms with van der Waals surface area (Å²) in [6.45, 7) is 1.30. The van der Waals surface area contributed by atoms with Gasteiger partial charge in [-0.25, -0.2) is 8.78 Å². The van der Waals surface area contributed by atoms with E-state index < -0.39 is 11.8 Å². The van der Waals surface area contributed by atoms with Gasteiger partial charge in [-0.15, -0.1) is 11.6 Å². The van der Waals surface area contributed by atoms with Crippen molar-refractivity contribution < 1.29 is 18.3 Å². The molecule has 1 aromatic rings. The standard InChI is InChI=1S/C11H11ClF2O2/c1-6(15)10(12)8-5-7(11(13)14)3-4-9(8)16-2/h3-5,10-11H,1-2H3. The first-order chi connectivity index (χ1) is 7.47. The van der Waals surface area contributed by atoms with Crippen molar-refractivity contribution >= 4 is 17.4 Å². The summed E-state index contributed by atoms with van der Waals surface area (Å²) in [6.07, 6.45) is -2.60. The van der Waals surface area contributed by atoms with E-state index in [0.29, 0.717) is 5.75 Å². The minimum atomic E-state index is -2.60. The van der Waals surface area contributed by atoms with Crippen LogP contribution in [0.1, 0.15) is 29.9 Å². The van der Waals surface area contributed by atoms with Crippen LogP contribution in [0.4, 0.5) is 8.78 Å². The van der Waals surface area contributed by atoms with Gasteiger partial charge in [0, 0.05) is 11.1 Å². The molecule has 16 heavy (non-hydrogen) atoms. The molecule has 1 unspecified atom stereocenters. The molecule has 0 radical (unpaired) electrons. The summed E-state index contributed by atoms with van der Waals surface area (Å²) >= 11 is 5.83. The average Bonchev–Trinajstić information content (AvgIpc) is 2.26. The van der Waals surface area contributed by atoms with Crippen LogP contribution in [0.3, 0.4) is 0 Å². The van der Waals surface area contributed by atoms with Gasteiger partial charge in [-0.1, -0.05) is 0 Å². The van der Waals surface area contributed by atoms with E-state index in [4.69, 9.17) is 16.3 Å². The predicted octanol–water partition coefficient (Wildman–Crippen LogP) is 3.50. The van der Waals surface area contributed by atoms with E-state index in [1.807, 2.05) is 0 Å². The zero-order valence-corrected chi connectivity index (χ0v) is 9.59. The van der Waals surface area contributed by atoms with Crippen LogP contribution >= 0.6 is 11.6 Å². The molecule has 2 nitrogen and oxygen atoms in total. The highest BCUT2D eigenvalue weighted by molar-refractivity contribution is 6.31. The molecule has 0 heterocycles. The molecule has 0 aliphatic carbocycles. The van der Waals surface area contributed by atoms with E-state index in [2.05, 4.69) is 0 Å². The SMILES string of the molecule is COc1ccc(C(F)F)cc1C(Cl)C(C)=O. The maximum atomic E-state index is 12.5. The van der Waals surface area contributed by atoms with Crippen LogP contribution in [0.5, 0.6) is 5.75 Å². The van der Waals surface area contributed by atoms with Crippen molar-refractivity contribution in [3.05, 3.63) is 29.3 Å². The maximum Gasteiger partial charge on any atom is 0.263 e. The molecule has 1 aromatic carbocycles. The second-order valence-corrected chi connectivity index (χ2v) is 3.71. The summed E-state index contributed by atoms with van der Waals surface area (Å²) in [7, 11) is 1.39. The minimum absolute atomic E-state index is 0.178. The lowest BCUT2D eigenvalue weighted by molar-refractivity contribution is -0.116. The van der Waals surface area contributed by atoms with Crippen LogP contribution in [0.15, 0.2) is 18.2 Å². The fourth-order valence-corrected chi connectivity index (χ4v) is 1.48. The molecule has 1 atom stereocenters. The van der Waals surface area contributed by atoms with Crippen LogP contribution in [-0.2, 0) is 4.79 Å². The summed E-state index contributed by atoms with van der Waals surface area (Å²) in [5, 5.41) is -0.964. The van der Waals surface area contributed by atoms with E-state index >= 15 is 0 Å². The van der Waals surface area contributed by atoms with Gasteiger partial charge in [-0.05, 0) is 25.1 Å². The third-order valence-corrected chi connectivity index (χ3v) is 2.68. The number of alkyl halides is 3. The van der Waals surface area contributed by atoms with Crippen molar-refractivity contribution in [3.8, 4) is 5.75 Å². The number of Topliss-reactive ketones (excluding diaryl/α,β-unsaturated/α-hetero) is 1.